The number of aromatic nitrogens is 2. The Morgan fingerprint density at radius 1 is 1.35 bits per heavy atom. The molecule has 0 saturated carbocycles. The molecule has 92 valence electrons. The second-order valence-corrected chi connectivity index (χ2v) is 3.71. The number of benzene rings is 1. The van der Waals surface area contributed by atoms with Crippen molar-refractivity contribution in [1.82, 2.24) is 9.78 Å². The maximum atomic E-state index is 10.8. The van der Waals surface area contributed by atoms with Crippen molar-refractivity contribution in [3.8, 4) is 0 Å². The largest absolute Gasteiger partial charge is 0.368 e. The van der Waals surface area contributed by atoms with Crippen molar-refractivity contribution in [2.75, 3.05) is 0 Å². The van der Waals surface area contributed by atoms with Crippen molar-refractivity contribution in [3.63, 3.8) is 0 Å². The summed E-state index contributed by atoms with van der Waals surface area (Å²) in [7, 11) is 0. The van der Waals surface area contributed by atoms with Crippen molar-refractivity contribution in [2.24, 2.45) is 5.73 Å². The number of hydrogen-bond donors (Lipinski definition) is 1. The Labute approximate surface area is 101 Å². The highest BCUT2D eigenvalue weighted by Gasteiger charge is 2.07. The Balaban J connectivity index is 0.000000686. The molecular formula is C13H19N3O. The second-order valence-electron chi connectivity index (χ2n) is 3.71. The minimum Gasteiger partial charge on any atom is -0.368 e. The third-order valence-corrected chi connectivity index (χ3v) is 2.67. The topological polar surface area (TPSA) is 60.9 Å². The van der Waals surface area contributed by atoms with Crippen LogP contribution in [0.5, 0.6) is 0 Å². The molecule has 0 saturated heterocycles. The van der Waals surface area contributed by atoms with Crippen LogP contribution >= 0.6 is 0 Å². The minimum atomic E-state index is -0.377. The van der Waals surface area contributed by atoms with Crippen LogP contribution < -0.4 is 5.73 Å². The first-order chi connectivity index (χ1) is 8.09. The zero-order valence-corrected chi connectivity index (χ0v) is 10.8. The molecule has 1 amide bonds. The fourth-order valence-corrected chi connectivity index (χ4v) is 1.67. The Bertz CT molecular complexity index is 529. The number of amides is 1. The molecule has 4 nitrogen and oxygen atoms in total. The van der Waals surface area contributed by atoms with Crippen LogP contribution in [-0.2, 0) is 11.3 Å². The fraction of sp³-hybridized carbons (Fsp3) is 0.385. The van der Waals surface area contributed by atoms with E-state index in [1.165, 1.54) is 11.1 Å². The molecule has 2 N–H and O–H groups in total. The first-order valence-electron chi connectivity index (χ1n) is 5.79. The van der Waals surface area contributed by atoms with E-state index in [4.69, 9.17) is 5.73 Å². The molecule has 1 heterocycles. The fourth-order valence-electron chi connectivity index (χ4n) is 1.67. The Kier molecular flexibility index (Phi) is 4.26. The van der Waals surface area contributed by atoms with Gasteiger partial charge in [0.25, 0.3) is 0 Å². The number of nitrogens with zero attached hydrogens (tertiary/aromatic N) is 2. The van der Waals surface area contributed by atoms with Gasteiger partial charge in [-0.05, 0) is 31.0 Å². The Hall–Kier alpha value is -1.84. The average molecular weight is 233 g/mol. The monoisotopic (exact) mass is 233 g/mol. The van der Waals surface area contributed by atoms with Gasteiger partial charge in [-0.2, -0.15) is 5.10 Å². The summed E-state index contributed by atoms with van der Waals surface area (Å²) in [6.07, 6.45) is 1.78. The number of fused-ring (bicyclic) bond motifs is 1. The van der Waals surface area contributed by atoms with Gasteiger partial charge in [0.05, 0.1) is 11.7 Å². The molecule has 0 radical (unpaired) electrons. The number of nitrogens with two attached hydrogens (primary N) is 1. The van der Waals surface area contributed by atoms with Crippen LogP contribution in [0.4, 0.5) is 0 Å². The maximum absolute atomic E-state index is 10.8. The van der Waals surface area contributed by atoms with Gasteiger partial charge in [-0.3, -0.25) is 9.48 Å². The molecule has 0 aliphatic heterocycles. The summed E-state index contributed by atoms with van der Waals surface area (Å²) in [6, 6.07) is 3.99. The SMILES string of the molecule is CC.Cc1ccc2c(cnn2CC(N)=O)c1C. The molecule has 0 atom stereocenters. The van der Waals surface area contributed by atoms with Gasteiger partial charge in [0.1, 0.15) is 6.54 Å². The first kappa shape index (κ1) is 13.2. The van der Waals surface area contributed by atoms with Crippen molar-refractivity contribution < 1.29 is 4.79 Å². The zero-order valence-electron chi connectivity index (χ0n) is 10.8. The average Bonchev–Trinajstić information content (AvgIpc) is 2.70. The standard InChI is InChI=1S/C11H13N3O.C2H6/c1-7-3-4-10-9(8(7)2)5-13-14(10)6-11(12)15;1-2/h3-5H,6H2,1-2H3,(H2,12,15);1-2H3. The molecule has 0 aliphatic carbocycles. The molecule has 0 aliphatic rings. The lowest BCUT2D eigenvalue weighted by Crippen LogP contribution is -2.19. The van der Waals surface area contributed by atoms with E-state index in [1.54, 1.807) is 10.9 Å². The van der Waals surface area contributed by atoms with E-state index in [-0.39, 0.29) is 12.5 Å². The van der Waals surface area contributed by atoms with Crippen LogP contribution in [0.25, 0.3) is 10.9 Å². The quantitative estimate of drug-likeness (QED) is 0.864. The molecule has 17 heavy (non-hydrogen) atoms. The predicted molar refractivity (Wildman–Crippen MR) is 69.7 cm³/mol. The maximum Gasteiger partial charge on any atom is 0.239 e. The summed E-state index contributed by atoms with van der Waals surface area (Å²) in [6.45, 7) is 8.24. The van der Waals surface area contributed by atoms with Gasteiger partial charge in [0.2, 0.25) is 5.91 Å². The molecule has 2 rings (SSSR count). The minimum absolute atomic E-state index is 0.131. The van der Waals surface area contributed by atoms with E-state index in [1.807, 2.05) is 32.9 Å². The van der Waals surface area contributed by atoms with Gasteiger partial charge in [-0.15, -0.1) is 0 Å². The lowest BCUT2D eigenvalue weighted by atomic mass is 10.1. The summed E-state index contributed by atoms with van der Waals surface area (Å²) >= 11 is 0. The predicted octanol–water partition coefficient (Wildman–Crippen LogP) is 2.16. The van der Waals surface area contributed by atoms with E-state index in [0.29, 0.717) is 0 Å². The van der Waals surface area contributed by atoms with E-state index < -0.39 is 0 Å². The molecule has 0 unspecified atom stereocenters. The number of primary amides is 1. The number of carbonyl (C=O) groups excluding carboxylic acids is 1. The summed E-state index contributed by atoms with van der Waals surface area (Å²) in [4.78, 5) is 10.8. The lowest BCUT2D eigenvalue weighted by molar-refractivity contribution is -0.118. The van der Waals surface area contributed by atoms with Gasteiger partial charge in [-0.25, -0.2) is 0 Å². The third-order valence-electron chi connectivity index (χ3n) is 2.67. The number of aryl methyl sites for hydroxylation is 2. The van der Waals surface area contributed by atoms with Crippen LogP contribution in [0.2, 0.25) is 0 Å². The Morgan fingerprint density at radius 2 is 2.00 bits per heavy atom. The molecule has 0 spiro atoms. The van der Waals surface area contributed by atoms with Crippen LogP contribution in [0.3, 0.4) is 0 Å². The summed E-state index contributed by atoms with van der Waals surface area (Å²) in [5.74, 6) is -0.377. The first-order valence-corrected chi connectivity index (χ1v) is 5.79. The summed E-state index contributed by atoms with van der Waals surface area (Å²) in [5.41, 5.74) is 8.52. The second kappa shape index (κ2) is 5.48. The smallest absolute Gasteiger partial charge is 0.239 e. The number of carbonyl (C=O) groups is 1. The van der Waals surface area contributed by atoms with Gasteiger partial charge >= 0.3 is 0 Å². The van der Waals surface area contributed by atoms with Gasteiger partial charge in [0.15, 0.2) is 0 Å². The normalized spacial score (nSPS) is 9.88. The number of hydrogen-bond acceptors (Lipinski definition) is 2. The molecule has 0 fully saturated rings. The van der Waals surface area contributed by atoms with Gasteiger partial charge in [-0.1, -0.05) is 19.9 Å². The van der Waals surface area contributed by atoms with E-state index in [9.17, 15) is 4.79 Å². The number of rotatable bonds is 2. The van der Waals surface area contributed by atoms with Crippen molar-refractivity contribution in [3.05, 3.63) is 29.5 Å². The molecule has 1 aromatic carbocycles. The third kappa shape index (κ3) is 2.64. The van der Waals surface area contributed by atoms with Crippen LogP contribution in [0.15, 0.2) is 18.3 Å². The van der Waals surface area contributed by atoms with Crippen molar-refractivity contribution in [2.45, 2.75) is 34.2 Å². The molecule has 4 heteroatoms. The molecular weight excluding hydrogens is 214 g/mol. The van der Waals surface area contributed by atoms with E-state index in [0.717, 1.165) is 10.9 Å². The highest BCUT2D eigenvalue weighted by Crippen LogP contribution is 2.20. The lowest BCUT2D eigenvalue weighted by Gasteiger charge is -2.03. The molecule has 2 aromatic rings. The summed E-state index contributed by atoms with van der Waals surface area (Å²) < 4.78 is 1.63. The highest BCUT2D eigenvalue weighted by atomic mass is 16.1. The van der Waals surface area contributed by atoms with E-state index >= 15 is 0 Å². The summed E-state index contributed by atoms with van der Waals surface area (Å²) in [5, 5.41) is 5.23. The van der Waals surface area contributed by atoms with Crippen molar-refractivity contribution in [1.29, 1.82) is 0 Å². The zero-order chi connectivity index (χ0) is 13.0. The van der Waals surface area contributed by atoms with Crippen LogP contribution in [0.1, 0.15) is 25.0 Å². The highest BCUT2D eigenvalue weighted by molar-refractivity contribution is 5.84. The molecule has 0 bridgehead atoms. The van der Waals surface area contributed by atoms with Crippen LogP contribution in [0, 0.1) is 13.8 Å². The van der Waals surface area contributed by atoms with Crippen LogP contribution in [-0.4, -0.2) is 15.7 Å². The van der Waals surface area contributed by atoms with E-state index in [2.05, 4.69) is 12.0 Å². The van der Waals surface area contributed by atoms with Gasteiger partial charge in [0, 0.05) is 5.39 Å². The molecule has 1 aromatic heterocycles. The van der Waals surface area contributed by atoms with Crippen molar-refractivity contribution >= 4 is 16.8 Å². The Morgan fingerprint density at radius 3 is 2.59 bits per heavy atom. The van der Waals surface area contributed by atoms with Gasteiger partial charge < -0.3 is 5.73 Å².